The van der Waals surface area contributed by atoms with Crippen LogP contribution in [0, 0.1) is 5.92 Å². The molecule has 0 bridgehead atoms. The number of hydrogen-bond donors (Lipinski definition) is 1. The number of nitrogens with zero attached hydrogens (tertiary/aromatic N) is 2. The molecule has 0 spiro atoms. The molecule has 174 valence electrons. The molecule has 0 radical (unpaired) electrons. The fourth-order valence-electron chi connectivity index (χ4n) is 4.90. The van der Waals surface area contributed by atoms with E-state index in [-0.39, 0.29) is 23.8 Å². The van der Waals surface area contributed by atoms with Crippen LogP contribution in [0.2, 0.25) is 0 Å². The molecule has 1 saturated carbocycles. The van der Waals surface area contributed by atoms with Crippen LogP contribution in [0.25, 0.3) is 0 Å². The second-order valence-corrected chi connectivity index (χ2v) is 9.40. The molecule has 2 aliphatic rings. The van der Waals surface area contributed by atoms with Gasteiger partial charge in [0.25, 0.3) is 5.91 Å². The Labute approximate surface area is 196 Å². The average Bonchev–Trinajstić information content (AvgIpc) is 3.21. The van der Waals surface area contributed by atoms with Crippen LogP contribution in [-0.4, -0.2) is 42.3 Å². The van der Waals surface area contributed by atoms with Gasteiger partial charge in [0.2, 0.25) is 11.8 Å². The van der Waals surface area contributed by atoms with Crippen LogP contribution in [0.4, 0.5) is 11.4 Å². The average molecular weight is 448 g/mol. The Bertz CT molecular complexity index is 994. The van der Waals surface area contributed by atoms with E-state index in [1.807, 2.05) is 24.3 Å². The Hall–Kier alpha value is -3.15. The van der Waals surface area contributed by atoms with E-state index in [0.29, 0.717) is 24.2 Å². The lowest BCUT2D eigenvalue weighted by Crippen LogP contribution is -2.37. The summed E-state index contributed by atoms with van der Waals surface area (Å²) in [6, 6.07) is 15.1. The molecule has 1 heterocycles. The molecule has 1 aliphatic heterocycles. The van der Waals surface area contributed by atoms with Gasteiger partial charge in [0.15, 0.2) is 0 Å². The summed E-state index contributed by atoms with van der Waals surface area (Å²) in [5, 5.41) is 2.93. The minimum Gasteiger partial charge on any atom is -0.341 e. The van der Waals surface area contributed by atoms with Gasteiger partial charge in [0.05, 0.1) is 6.04 Å². The molecule has 4 rings (SSSR count). The van der Waals surface area contributed by atoms with Crippen LogP contribution in [0.3, 0.4) is 0 Å². The Morgan fingerprint density at radius 2 is 1.67 bits per heavy atom. The van der Waals surface area contributed by atoms with Gasteiger partial charge in [-0.15, -0.1) is 0 Å². The summed E-state index contributed by atoms with van der Waals surface area (Å²) in [5.41, 5.74) is 3.38. The lowest BCUT2D eigenvalue weighted by Gasteiger charge is -2.23. The fourth-order valence-corrected chi connectivity index (χ4v) is 4.90. The van der Waals surface area contributed by atoms with Gasteiger partial charge in [-0.25, -0.2) is 0 Å². The van der Waals surface area contributed by atoms with Crippen molar-refractivity contribution in [2.75, 3.05) is 23.8 Å². The van der Waals surface area contributed by atoms with E-state index in [0.717, 1.165) is 18.0 Å². The van der Waals surface area contributed by atoms with Crippen LogP contribution in [0.5, 0.6) is 0 Å². The Morgan fingerprint density at radius 3 is 2.30 bits per heavy atom. The second kappa shape index (κ2) is 10.2. The highest BCUT2D eigenvalue weighted by Gasteiger charge is 2.33. The van der Waals surface area contributed by atoms with Crippen LogP contribution in [0.1, 0.15) is 61.4 Å². The number of rotatable bonds is 6. The summed E-state index contributed by atoms with van der Waals surface area (Å²) in [7, 11) is 1.73. The lowest BCUT2D eigenvalue weighted by atomic mass is 9.85. The normalized spacial score (nSPS) is 18.9. The zero-order valence-electron chi connectivity index (χ0n) is 19.5. The van der Waals surface area contributed by atoms with E-state index in [1.165, 1.54) is 44.6 Å². The number of likely N-dealkylation sites (N-methyl/N-ethyl adjacent to an activating group) is 1. The van der Waals surface area contributed by atoms with E-state index in [2.05, 4.69) is 17.4 Å². The third kappa shape index (κ3) is 5.62. The highest BCUT2D eigenvalue weighted by atomic mass is 16.2. The minimum absolute atomic E-state index is 0.00166. The molecule has 0 aromatic heterocycles. The first-order valence-corrected chi connectivity index (χ1v) is 11.9. The van der Waals surface area contributed by atoms with Crippen molar-refractivity contribution in [2.45, 2.75) is 57.9 Å². The summed E-state index contributed by atoms with van der Waals surface area (Å²) in [4.78, 5) is 40.0. The standard InChI is InChI=1S/C27H33N3O3/c1-19(31)29(2)25-17-26(32)30(18-25)24-14-12-23(13-15-24)28-27(33)22-10-8-21(9-11-22)16-20-6-4-3-5-7-20/h8-15,20,25H,3-7,16-18H2,1-2H3,(H,28,33). The van der Waals surface area contributed by atoms with Crippen molar-refractivity contribution >= 4 is 29.1 Å². The molecule has 2 aromatic rings. The molecule has 1 atom stereocenters. The molecule has 1 unspecified atom stereocenters. The first-order chi connectivity index (χ1) is 15.9. The summed E-state index contributed by atoms with van der Waals surface area (Å²) in [6.07, 6.45) is 8.10. The second-order valence-electron chi connectivity index (χ2n) is 9.40. The molecule has 2 aromatic carbocycles. The Kier molecular flexibility index (Phi) is 7.11. The van der Waals surface area contributed by atoms with Gasteiger partial charge in [0, 0.05) is 43.9 Å². The van der Waals surface area contributed by atoms with Crippen LogP contribution >= 0.6 is 0 Å². The molecule has 6 nitrogen and oxygen atoms in total. The summed E-state index contributed by atoms with van der Waals surface area (Å²) >= 11 is 0. The molecule has 2 fully saturated rings. The van der Waals surface area contributed by atoms with E-state index < -0.39 is 0 Å². The van der Waals surface area contributed by atoms with Crippen LogP contribution < -0.4 is 10.2 Å². The predicted molar refractivity (Wildman–Crippen MR) is 130 cm³/mol. The fraction of sp³-hybridized carbons (Fsp3) is 0.444. The number of carbonyl (C=O) groups is 3. The molecule has 1 aliphatic carbocycles. The first kappa shape index (κ1) is 23.0. The van der Waals surface area contributed by atoms with Gasteiger partial charge in [-0.3, -0.25) is 14.4 Å². The maximum absolute atomic E-state index is 12.7. The van der Waals surface area contributed by atoms with E-state index >= 15 is 0 Å². The number of nitrogens with one attached hydrogen (secondary N) is 1. The number of carbonyl (C=O) groups excluding carboxylic acids is 3. The Morgan fingerprint density at radius 1 is 1.00 bits per heavy atom. The SMILES string of the molecule is CC(=O)N(C)C1CC(=O)N(c2ccc(NC(=O)c3ccc(CC4CCCCC4)cc3)cc2)C1. The van der Waals surface area contributed by atoms with Gasteiger partial charge in [-0.05, 0) is 54.3 Å². The summed E-state index contributed by atoms with van der Waals surface area (Å²) < 4.78 is 0. The molecular formula is C27H33N3O3. The highest BCUT2D eigenvalue weighted by Crippen LogP contribution is 2.27. The number of hydrogen-bond acceptors (Lipinski definition) is 3. The lowest BCUT2D eigenvalue weighted by molar-refractivity contribution is -0.129. The largest absolute Gasteiger partial charge is 0.341 e. The van der Waals surface area contributed by atoms with Crippen molar-refractivity contribution in [2.24, 2.45) is 5.92 Å². The zero-order valence-corrected chi connectivity index (χ0v) is 19.5. The number of amides is 3. The molecule has 1 saturated heterocycles. The van der Waals surface area contributed by atoms with Gasteiger partial charge >= 0.3 is 0 Å². The minimum atomic E-state index is -0.146. The predicted octanol–water partition coefficient (Wildman–Crippen LogP) is 4.65. The van der Waals surface area contributed by atoms with Gasteiger partial charge in [0.1, 0.15) is 0 Å². The maximum Gasteiger partial charge on any atom is 0.255 e. The zero-order chi connectivity index (χ0) is 23.4. The smallest absolute Gasteiger partial charge is 0.255 e. The molecule has 3 amide bonds. The van der Waals surface area contributed by atoms with Crippen molar-refractivity contribution in [3.63, 3.8) is 0 Å². The monoisotopic (exact) mass is 447 g/mol. The first-order valence-electron chi connectivity index (χ1n) is 11.9. The quantitative estimate of drug-likeness (QED) is 0.701. The number of anilines is 2. The molecule has 1 N–H and O–H groups in total. The van der Waals surface area contributed by atoms with Crippen molar-refractivity contribution in [3.8, 4) is 0 Å². The van der Waals surface area contributed by atoms with Gasteiger partial charge in [-0.2, -0.15) is 0 Å². The van der Waals surface area contributed by atoms with Crippen molar-refractivity contribution in [1.82, 2.24) is 4.90 Å². The maximum atomic E-state index is 12.7. The van der Waals surface area contributed by atoms with Crippen molar-refractivity contribution < 1.29 is 14.4 Å². The summed E-state index contributed by atoms with van der Waals surface area (Å²) in [6.45, 7) is 1.99. The van der Waals surface area contributed by atoms with E-state index in [9.17, 15) is 14.4 Å². The third-order valence-electron chi connectivity index (χ3n) is 7.05. The van der Waals surface area contributed by atoms with Crippen molar-refractivity contribution in [3.05, 3.63) is 59.7 Å². The van der Waals surface area contributed by atoms with Crippen molar-refractivity contribution in [1.29, 1.82) is 0 Å². The summed E-state index contributed by atoms with van der Waals surface area (Å²) in [5.74, 6) is 0.581. The number of benzene rings is 2. The topological polar surface area (TPSA) is 69.7 Å². The van der Waals surface area contributed by atoms with E-state index in [1.54, 1.807) is 29.0 Å². The van der Waals surface area contributed by atoms with Crippen LogP contribution in [0.15, 0.2) is 48.5 Å². The Balaban J connectivity index is 1.33. The van der Waals surface area contributed by atoms with Gasteiger partial charge in [-0.1, -0.05) is 44.2 Å². The molecular weight excluding hydrogens is 414 g/mol. The highest BCUT2D eigenvalue weighted by molar-refractivity contribution is 6.04. The molecule has 6 heteroatoms. The molecule has 33 heavy (non-hydrogen) atoms. The van der Waals surface area contributed by atoms with Crippen LogP contribution in [-0.2, 0) is 16.0 Å². The van der Waals surface area contributed by atoms with Gasteiger partial charge < -0.3 is 15.1 Å². The van der Waals surface area contributed by atoms with E-state index in [4.69, 9.17) is 0 Å². The third-order valence-corrected chi connectivity index (χ3v) is 7.05.